The second-order valence-corrected chi connectivity index (χ2v) is 5.49. The van der Waals surface area contributed by atoms with Crippen LogP contribution in [0, 0.1) is 6.92 Å². The van der Waals surface area contributed by atoms with Crippen molar-refractivity contribution >= 4 is 11.7 Å². The van der Waals surface area contributed by atoms with E-state index in [4.69, 9.17) is 39.3 Å². The molecule has 0 saturated carbocycles. The van der Waals surface area contributed by atoms with Crippen molar-refractivity contribution in [1.82, 2.24) is 0 Å². The zero-order valence-electron chi connectivity index (χ0n) is 15.9. The van der Waals surface area contributed by atoms with Crippen molar-refractivity contribution in [2.45, 2.75) is 6.92 Å². The number of ether oxygens (including phenoxy) is 6. The molecule has 0 radical (unpaired) electrons. The molecule has 0 unspecified atom stereocenters. The second kappa shape index (κ2) is 14.0. The first-order chi connectivity index (χ1) is 13.0. The summed E-state index contributed by atoms with van der Waals surface area (Å²) in [5.41, 5.74) is 7.46. The maximum absolute atomic E-state index is 10.2. The van der Waals surface area contributed by atoms with E-state index in [-0.39, 0.29) is 13.2 Å². The van der Waals surface area contributed by atoms with Crippen LogP contribution in [0.25, 0.3) is 0 Å². The van der Waals surface area contributed by atoms with Gasteiger partial charge in [0.25, 0.3) is 0 Å². The number of carboxylic acids is 1. The lowest BCUT2D eigenvalue weighted by Crippen LogP contribution is -2.15. The van der Waals surface area contributed by atoms with E-state index in [0.29, 0.717) is 63.4 Å². The van der Waals surface area contributed by atoms with Gasteiger partial charge in [-0.3, -0.25) is 0 Å². The first kappa shape index (κ1) is 23.0. The molecule has 1 rings (SSSR count). The summed E-state index contributed by atoms with van der Waals surface area (Å²) in [6.07, 6.45) is 0. The lowest BCUT2D eigenvalue weighted by atomic mass is 10.2. The Morgan fingerprint density at radius 3 is 1.93 bits per heavy atom. The Balaban J connectivity index is 1.95. The molecule has 0 saturated heterocycles. The van der Waals surface area contributed by atoms with Crippen LogP contribution in [-0.4, -0.2) is 77.6 Å². The number of hydrogen-bond acceptors (Lipinski definition) is 8. The van der Waals surface area contributed by atoms with Gasteiger partial charge in [0.05, 0.1) is 53.4 Å². The topological polar surface area (TPSA) is 119 Å². The van der Waals surface area contributed by atoms with Crippen LogP contribution in [0.3, 0.4) is 0 Å². The van der Waals surface area contributed by atoms with Gasteiger partial charge in [0, 0.05) is 11.8 Å². The fourth-order valence-electron chi connectivity index (χ4n) is 1.98. The normalized spacial score (nSPS) is 10.7. The summed E-state index contributed by atoms with van der Waals surface area (Å²) in [5, 5.41) is 8.38. The summed E-state index contributed by atoms with van der Waals surface area (Å²) in [6, 6.07) is 3.57. The molecule has 27 heavy (non-hydrogen) atoms. The molecule has 0 amide bonds. The molecule has 0 aliphatic rings. The van der Waals surface area contributed by atoms with E-state index in [1.807, 2.05) is 13.0 Å². The number of anilines is 1. The van der Waals surface area contributed by atoms with E-state index < -0.39 is 5.97 Å². The number of methoxy groups -OCH3 is 1. The molecule has 0 aromatic heterocycles. The third-order valence-corrected chi connectivity index (χ3v) is 3.38. The molecule has 0 spiro atoms. The van der Waals surface area contributed by atoms with Gasteiger partial charge in [0.15, 0.2) is 11.5 Å². The van der Waals surface area contributed by atoms with Crippen LogP contribution in [0.2, 0.25) is 0 Å². The Hall–Kier alpha value is -2.07. The summed E-state index contributed by atoms with van der Waals surface area (Å²) in [4.78, 5) is 10.2. The molecule has 1 aromatic carbocycles. The van der Waals surface area contributed by atoms with E-state index in [9.17, 15) is 4.79 Å². The van der Waals surface area contributed by atoms with Crippen LogP contribution in [-0.2, 0) is 23.7 Å². The van der Waals surface area contributed by atoms with Crippen LogP contribution < -0.4 is 15.2 Å². The predicted octanol–water partition coefficient (Wildman–Crippen LogP) is 1.12. The smallest absolute Gasteiger partial charge is 0.329 e. The molecular weight excluding hydrogens is 358 g/mol. The standard InChI is InChI=1S/C18H29NO8/c1-14-11-16(22-2)17(12-15(14)19)27-10-9-25-6-5-23-3-4-24-7-8-26-13-18(20)21/h11-12H,3-10,13,19H2,1-2H3,(H,20,21). The quantitative estimate of drug-likeness (QED) is 0.318. The molecule has 0 aliphatic carbocycles. The first-order valence-electron chi connectivity index (χ1n) is 8.64. The molecule has 0 atom stereocenters. The molecule has 9 nitrogen and oxygen atoms in total. The molecule has 9 heteroatoms. The van der Waals surface area contributed by atoms with Gasteiger partial charge in [-0.1, -0.05) is 0 Å². The van der Waals surface area contributed by atoms with Gasteiger partial charge in [0.1, 0.15) is 13.2 Å². The van der Waals surface area contributed by atoms with Crippen molar-refractivity contribution in [3.63, 3.8) is 0 Å². The third-order valence-electron chi connectivity index (χ3n) is 3.38. The van der Waals surface area contributed by atoms with Crippen molar-refractivity contribution < 1.29 is 38.3 Å². The highest BCUT2D eigenvalue weighted by Crippen LogP contribution is 2.31. The Labute approximate surface area is 159 Å². The molecular formula is C18H29NO8. The zero-order chi connectivity index (χ0) is 19.9. The summed E-state index contributed by atoms with van der Waals surface area (Å²) in [7, 11) is 1.58. The van der Waals surface area contributed by atoms with Crippen LogP contribution in [0.15, 0.2) is 12.1 Å². The van der Waals surface area contributed by atoms with Crippen molar-refractivity contribution in [2.75, 3.05) is 72.3 Å². The van der Waals surface area contributed by atoms with E-state index in [1.54, 1.807) is 13.2 Å². The van der Waals surface area contributed by atoms with Crippen molar-refractivity contribution in [3.05, 3.63) is 17.7 Å². The van der Waals surface area contributed by atoms with E-state index in [1.165, 1.54) is 0 Å². The number of aliphatic carboxylic acids is 1. The SMILES string of the molecule is COc1cc(C)c(N)cc1OCCOCCOCCOCCOCC(=O)O. The zero-order valence-corrected chi connectivity index (χ0v) is 15.9. The fourth-order valence-corrected chi connectivity index (χ4v) is 1.98. The lowest BCUT2D eigenvalue weighted by molar-refractivity contribution is -0.142. The van der Waals surface area contributed by atoms with Gasteiger partial charge in [-0.05, 0) is 18.6 Å². The summed E-state index contributed by atoms with van der Waals surface area (Å²) in [6.45, 7) is 4.68. The number of nitrogens with two attached hydrogens (primary N) is 1. The fraction of sp³-hybridized carbons (Fsp3) is 0.611. The summed E-state index contributed by atoms with van der Waals surface area (Å²) in [5.74, 6) is 0.231. The Morgan fingerprint density at radius 2 is 1.41 bits per heavy atom. The highest BCUT2D eigenvalue weighted by atomic mass is 16.6. The average molecular weight is 387 g/mol. The van der Waals surface area contributed by atoms with E-state index in [0.717, 1.165) is 5.56 Å². The Bertz CT molecular complexity index is 552. The predicted molar refractivity (Wildman–Crippen MR) is 98.6 cm³/mol. The minimum absolute atomic E-state index is 0.243. The maximum Gasteiger partial charge on any atom is 0.329 e. The molecule has 0 aliphatic heterocycles. The Morgan fingerprint density at radius 1 is 0.889 bits per heavy atom. The minimum Gasteiger partial charge on any atom is -0.493 e. The van der Waals surface area contributed by atoms with Gasteiger partial charge in [0.2, 0.25) is 0 Å². The number of carboxylic acid groups (broad SMARTS) is 1. The highest BCUT2D eigenvalue weighted by Gasteiger charge is 2.07. The van der Waals surface area contributed by atoms with Crippen LogP contribution in [0.1, 0.15) is 5.56 Å². The molecule has 3 N–H and O–H groups in total. The monoisotopic (exact) mass is 387 g/mol. The molecule has 154 valence electrons. The van der Waals surface area contributed by atoms with E-state index in [2.05, 4.69) is 0 Å². The van der Waals surface area contributed by atoms with Gasteiger partial charge < -0.3 is 39.3 Å². The average Bonchev–Trinajstić information content (AvgIpc) is 2.64. The largest absolute Gasteiger partial charge is 0.493 e. The first-order valence-corrected chi connectivity index (χ1v) is 8.64. The number of hydrogen-bond donors (Lipinski definition) is 2. The molecule has 0 heterocycles. The number of benzene rings is 1. The van der Waals surface area contributed by atoms with Gasteiger partial charge in [-0.15, -0.1) is 0 Å². The lowest BCUT2D eigenvalue weighted by Gasteiger charge is -2.13. The summed E-state index contributed by atoms with van der Waals surface area (Å²) >= 11 is 0. The highest BCUT2D eigenvalue weighted by molar-refractivity contribution is 5.67. The van der Waals surface area contributed by atoms with E-state index >= 15 is 0 Å². The molecule has 1 aromatic rings. The van der Waals surface area contributed by atoms with Gasteiger partial charge in [-0.25, -0.2) is 4.79 Å². The van der Waals surface area contributed by atoms with Crippen molar-refractivity contribution in [3.8, 4) is 11.5 Å². The second-order valence-electron chi connectivity index (χ2n) is 5.49. The maximum atomic E-state index is 10.2. The van der Waals surface area contributed by atoms with Crippen molar-refractivity contribution in [2.24, 2.45) is 0 Å². The molecule has 0 bridgehead atoms. The number of nitrogen functional groups attached to an aromatic ring is 1. The Kier molecular flexibility index (Phi) is 11.9. The van der Waals surface area contributed by atoms with Crippen LogP contribution >= 0.6 is 0 Å². The van der Waals surface area contributed by atoms with Gasteiger partial charge in [-0.2, -0.15) is 0 Å². The summed E-state index contributed by atoms with van der Waals surface area (Å²) < 4.78 is 31.7. The van der Waals surface area contributed by atoms with Crippen LogP contribution in [0.4, 0.5) is 5.69 Å². The number of rotatable bonds is 16. The third kappa shape index (κ3) is 10.6. The number of carbonyl (C=O) groups is 1. The minimum atomic E-state index is -0.995. The van der Waals surface area contributed by atoms with Gasteiger partial charge >= 0.3 is 5.97 Å². The molecule has 0 fully saturated rings. The van der Waals surface area contributed by atoms with Crippen LogP contribution in [0.5, 0.6) is 11.5 Å². The number of aryl methyl sites for hydroxylation is 1. The van der Waals surface area contributed by atoms with Crippen molar-refractivity contribution in [1.29, 1.82) is 0 Å².